The SMILES string of the molecule is COC(=O)c1cnc(-c2ccc([C@]3(Cn4cc5ccc(OC)cc5c4O)NC(=O)NC3=O)cc2)cn1. The number of ether oxygens (including phenoxy) is 2. The van der Waals surface area contributed by atoms with Crippen LogP contribution in [0.25, 0.3) is 22.0 Å². The number of carbonyl (C=O) groups excluding carboxylic acids is 3. The number of hydrogen-bond donors (Lipinski definition) is 3. The normalized spacial score (nSPS) is 17.1. The first-order chi connectivity index (χ1) is 17.3. The topological polar surface area (TPSA) is 145 Å². The number of urea groups is 1. The second kappa shape index (κ2) is 8.69. The Morgan fingerprint density at radius 3 is 2.47 bits per heavy atom. The van der Waals surface area contributed by atoms with Gasteiger partial charge in [-0.3, -0.25) is 15.1 Å². The Hall–Kier alpha value is -4.93. The quantitative estimate of drug-likeness (QED) is 0.278. The molecule has 1 fully saturated rings. The molecular weight excluding hydrogens is 466 g/mol. The Kier molecular flexibility index (Phi) is 5.51. The molecule has 11 nitrogen and oxygen atoms in total. The van der Waals surface area contributed by atoms with Crippen molar-refractivity contribution in [2.45, 2.75) is 12.1 Å². The molecule has 4 aromatic rings. The predicted octanol–water partition coefficient (Wildman–Crippen LogP) is 2.33. The van der Waals surface area contributed by atoms with Crippen LogP contribution in [-0.4, -0.2) is 51.8 Å². The minimum Gasteiger partial charge on any atom is -0.497 e. The molecule has 1 aliphatic heterocycles. The number of carbonyl (C=O) groups is 3. The molecule has 0 aliphatic carbocycles. The van der Waals surface area contributed by atoms with Gasteiger partial charge in [-0.15, -0.1) is 0 Å². The fourth-order valence-corrected chi connectivity index (χ4v) is 4.24. The fraction of sp³-hybridized carbons (Fsp3) is 0.160. The van der Waals surface area contributed by atoms with E-state index in [4.69, 9.17) is 4.74 Å². The molecule has 3 heterocycles. The summed E-state index contributed by atoms with van der Waals surface area (Å²) in [6.45, 7) is -0.0552. The van der Waals surface area contributed by atoms with Crippen LogP contribution >= 0.6 is 0 Å². The molecule has 0 spiro atoms. The number of fused-ring (bicyclic) bond motifs is 1. The number of hydrogen-bond acceptors (Lipinski definition) is 8. The molecule has 11 heteroatoms. The minimum absolute atomic E-state index is 0.0552. The molecule has 5 rings (SSSR count). The van der Waals surface area contributed by atoms with E-state index in [-0.39, 0.29) is 18.1 Å². The summed E-state index contributed by atoms with van der Waals surface area (Å²) in [5.74, 6) is -0.615. The van der Waals surface area contributed by atoms with Crippen LogP contribution in [0.4, 0.5) is 4.79 Å². The number of benzene rings is 2. The van der Waals surface area contributed by atoms with E-state index >= 15 is 0 Å². The van der Waals surface area contributed by atoms with Crippen molar-refractivity contribution in [3.8, 4) is 22.9 Å². The van der Waals surface area contributed by atoms with Crippen LogP contribution in [0.5, 0.6) is 11.6 Å². The smallest absolute Gasteiger partial charge is 0.358 e. The predicted molar refractivity (Wildman–Crippen MR) is 127 cm³/mol. The van der Waals surface area contributed by atoms with E-state index in [2.05, 4.69) is 25.3 Å². The number of imide groups is 1. The van der Waals surface area contributed by atoms with Crippen LogP contribution in [-0.2, 0) is 21.6 Å². The summed E-state index contributed by atoms with van der Waals surface area (Å²) in [6.07, 6.45) is 4.46. The Morgan fingerprint density at radius 2 is 1.86 bits per heavy atom. The largest absolute Gasteiger partial charge is 0.497 e. The Morgan fingerprint density at radius 1 is 1.08 bits per heavy atom. The minimum atomic E-state index is -1.47. The molecule has 2 aromatic carbocycles. The summed E-state index contributed by atoms with van der Waals surface area (Å²) in [6, 6.07) is 11.5. The Labute approximate surface area is 204 Å². The van der Waals surface area contributed by atoms with Crippen LogP contribution in [0.15, 0.2) is 61.1 Å². The molecule has 1 saturated heterocycles. The third kappa shape index (κ3) is 3.76. The molecule has 2 aromatic heterocycles. The molecule has 3 N–H and O–H groups in total. The summed E-state index contributed by atoms with van der Waals surface area (Å²) in [7, 11) is 2.79. The van der Waals surface area contributed by atoms with Crippen molar-refractivity contribution in [3.05, 3.63) is 72.3 Å². The van der Waals surface area contributed by atoms with E-state index in [9.17, 15) is 19.5 Å². The van der Waals surface area contributed by atoms with E-state index in [1.165, 1.54) is 31.2 Å². The molecule has 0 unspecified atom stereocenters. The summed E-state index contributed by atoms with van der Waals surface area (Å²) >= 11 is 0. The fourth-order valence-electron chi connectivity index (χ4n) is 4.24. The average molecular weight is 487 g/mol. The summed E-state index contributed by atoms with van der Waals surface area (Å²) in [5.41, 5.74) is 0.310. The summed E-state index contributed by atoms with van der Waals surface area (Å²) < 4.78 is 11.4. The van der Waals surface area contributed by atoms with E-state index in [0.717, 1.165) is 5.39 Å². The number of methoxy groups -OCH3 is 2. The van der Waals surface area contributed by atoms with Crippen molar-refractivity contribution >= 4 is 28.7 Å². The number of amides is 3. The van der Waals surface area contributed by atoms with Gasteiger partial charge < -0.3 is 24.5 Å². The summed E-state index contributed by atoms with van der Waals surface area (Å²) in [4.78, 5) is 45.1. The van der Waals surface area contributed by atoms with Crippen LogP contribution in [0.3, 0.4) is 0 Å². The summed E-state index contributed by atoms with van der Waals surface area (Å²) in [5, 5.41) is 17.2. The van der Waals surface area contributed by atoms with Crippen molar-refractivity contribution in [1.82, 2.24) is 25.2 Å². The van der Waals surface area contributed by atoms with Crippen molar-refractivity contribution in [1.29, 1.82) is 0 Å². The van der Waals surface area contributed by atoms with Gasteiger partial charge in [-0.05, 0) is 23.8 Å². The zero-order chi connectivity index (χ0) is 25.4. The van der Waals surface area contributed by atoms with Crippen LogP contribution in [0.1, 0.15) is 16.1 Å². The second-order valence-electron chi connectivity index (χ2n) is 8.20. The molecular formula is C25H21N5O6. The molecule has 1 aliphatic rings. The Bertz CT molecular complexity index is 1500. The van der Waals surface area contributed by atoms with E-state index in [0.29, 0.717) is 28.0 Å². The van der Waals surface area contributed by atoms with Gasteiger partial charge in [0.2, 0.25) is 0 Å². The first-order valence-corrected chi connectivity index (χ1v) is 10.9. The van der Waals surface area contributed by atoms with Gasteiger partial charge in [-0.2, -0.15) is 0 Å². The van der Waals surface area contributed by atoms with Crippen molar-refractivity contribution in [2.75, 3.05) is 14.2 Å². The van der Waals surface area contributed by atoms with Gasteiger partial charge in [0, 0.05) is 22.5 Å². The molecule has 0 radical (unpaired) electrons. The lowest BCUT2D eigenvalue weighted by Gasteiger charge is -2.27. The molecule has 0 bridgehead atoms. The van der Waals surface area contributed by atoms with Gasteiger partial charge in [0.05, 0.1) is 38.9 Å². The van der Waals surface area contributed by atoms with Gasteiger partial charge in [-0.1, -0.05) is 24.3 Å². The monoisotopic (exact) mass is 487 g/mol. The highest BCUT2D eigenvalue weighted by molar-refractivity contribution is 6.07. The number of nitrogens with zero attached hydrogens (tertiary/aromatic N) is 3. The third-order valence-corrected chi connectivity index (χ3v) is 6.14. The van der Waals surface area contributed by atoms with Gasteiger partial charge >= 0.3 is 12.0 Å². The maximum Gasteiger partial charge on any atom is 0.358 e. The number of nitrogens with one attached hydrogen (secondary N) is 2. The Balaban J connectivity index is 1.50. The average Bonchev–Trinajstić information content (AvgIpc) is 3.37. The maximum absolute atomic E-state index is 13.0. The molecule has 0 saturated carbocycles. The molecule has 3 amide bonds. The highest BCUT2D eigenvalue weighted by Gasteiger charge is 2.48. The zero-order valence-corrected chi connectivity index (χ0v) is 19.3. The maximum atomic E-state index is 13.0. The lowest BCUT2D eigenvalue weighted by atomic mass is 9.89. The lowest BCUT2D eigenvalue weighted by Crippen LogP contribution is -2.47. The lowest BCUT2D eigenvalue weighted by molar-refractivity contribution is -0.124. The molecule has 1 atom stereocenters. The van der Waals surface area contributed by atoms with Crippen LogP contribution in [0, 0.1) is 0 Å². The zero-order valence-electron chi connectivity index (χ0n) is 19.3. The van der Waals surface area contributed by atoms with E-state index in [1.807, 2.05) is 0 Å². The number of aromatic nitrogens is 3. The van der Waals surface area contributed by atoms with Crippen LogP contribution < -0.4 is 15.4 Å². The number of aromatic hydroxyl groups is 1. The van der Waals surface area contributed by atoms with Crippen molar-refractivity contribution in [2.24, 2.45) is 0 Å². The highest BCUT2D eigenvalue weighted by Crippen LogP contribution is 2.35. The highest BCUT2D eigenvalue weighted by atomic mass is 16.5. The van der Waals surface area contributed by atoms with Gasteiger partial charge in [0.1, 0.15) is 5.75 Å². The van der Waals surface area contributed by atoms with E-state index in [1.54, 1.807) is 48.7 Å². The first-order valence-electron chi connectivity index (χ1n) is 10.9. The van der Waals surface area contributed by atoms with Crippen molar-refractivity contribution in [3.63, 3.8) is 0 Å². The van der Waals surface area contributed by atoms with Crippen molar-refractivity contribution < 1.29 is 29.0 Å². The third-order valence-electron chi connectivity index (χ3n) is 6.14. The van der Waals surface area contributed by atoms with Crippen LogP contribution in [0.2, 0.25) is 0 Å². The number of esters is 1. The van der Waals surface area contributed by atoms with Gasteiger partial charge in [-0.25, -0.2) is 14.6 Å². The van der Waals surface area contributed by atoms with E-state index < -0.39 is 23.4 Å². The first kappa shape index (κ1) is 22.8. The second-order valence-corrected chi connectivity index (χ2v) is 8.20. The standard InChI is InChI=1S/C25H21N5O6/c1-35-17-8-5-15-12-30(21(31)18(15)9-17)13-25(23(33)28-24(34)29-25)16-6-3-14(4-7-16)19-10-27-20(11-26-19)22(32)36-2/h3-12,31H,13H2,1-2H3,(H2,28,29,33,34)/t25-/m0/s1. The molecule has 182 valence electrons. The number of rotatable bonds is 6. The molecule has 36 heavy (non-hydrogen) atoms. The van der Waals surface area contributed by atoms with Gasteiger partial charge in [0.15, 0.2) is 17.1 Å². The van der Waals surface area contributed by atoms with Gasteiger partial charge in [0.25, 0.3) is 5.91 Å².